The zero-order valence-corrected chi connectivity index (χ0v) is 31.2. The number of allylic oxidation sites excluding steroid dienone is 4. The molecular weight excluding hydrogens is 701 g/mol. The quantitative estimate of drug-likeness (QED) is 0.191. The maximum Gasteiger partial charge on any atom is 0.159 e. The highest BCUT2D eigenvalue weighted by Gasteiger charge is 2.35. The summed E-state index contributed by atoms with van der Waals surface area (Å²) in [5.74, 6) is 2.62. The molecule has 0 fully saturated rings. The minimum Gasteiger partial charge on any atom is -0.485 e. The number of hydrogen-bond acceptors (Lipinski definition) is 5. The first-order valence-corrected chi connectivity index (χ1v) is 20.0. The van der Waals surface area contributed by atoms with E-state index in [1.54, 1.807) is 0 Å². The molecule has 6 nitrogen and oxygen atoms in total. The molecule has 0 amide bonds. The standard InChI is InChI=1S/C51H38N4O2/c1-3-13-31(14-4-1)49-52-50(32-15-5-2-6-16-32)54-51(53-49)41-22-12-21-40-39-20-11-19-35(47(39)57-48(40)41)33-25-28-45-42(29-33)38-27-26-34(30-46(38)56-45)55-43-23-9-7-17-36(43)37-18-8-10-24-44(37)55/h1,3-5,7-11,13-21,23-30,38,46,50H,2,6,12,22H2,(H,52,53,54). The van der Waals surface area contributed by atoms with E-state index in [4.69, 9.17) is 19.1 Å². The lowest BCUT2D eigenvalue weighted by molar-refractivity contribution is 0.269. The lowest BCUT2D eigenvalue weighted by Gasteiger charge is -2.25. The second-order valence-corrected chi connectivity index (χ2v) is 15.4. The number of ether oxygens (including phenoxy) is 1. The van der Waals surface area contributed by atoms with Crippen LogP contribution in [0.25, 0.3) is 61.2 Å². The molecule has 3 unspecified atom stereocenters. The maximum atomic E-state index is 6.99. The normalized spacial score (nSPS) is 20.8. The fourth-order valence-electron chi connectivity index (χ4n) is 9.42. The van der Waals surface area contributed by atoms with Crippen molar-refractivity contribution in [2.24, 2.45) is 9.98 Å². The number of aromatic nitrogens is 1. The van der Waals surface area contributed by atoms with Crippen molar-refractivity contribution in [3.8, 4) is 16.9 Å². The van der Waals surface area contributed by atoms with E-state index in [9.17, 15) is 0 Å². The summed E-state index contributed by atoms with van der Waals surface area (Å²) in [6.07, 6.45) is 19.4. The first kappa shape index (κ1) is 32.3. The minimum atomic E-state index is -0.217. The second kappa shape index (κ2) is 12.8. The molecule has 4 heterocycles. The fourth-order valence-corrected chi connectivity index (χ4v) is 9.42. The Kier molecular flexibility index (Phi) is 7.27. The molecule has 57 heavy (non-hydrogen) atoms. The van der Waals surface area contributed by atoms with E-state index in [-0.39, 0.29) is 18.2 Å². The van der Waals surface area contributed by atoms with E-state index >= 15 is 0 Å². The third-order valence-electron chi connectivity index (χ3n) is 12.1. The van der Waals surface area contributed by atoms with Gasteiger partial charge in [-0.3, -0.25) is 0 Å². The van der Waals surface area contributed by atoms with Crippen molar-refractivity contribution in [1.29, 1.82) is 0 Å². The molecule has 5 aromatic carbocycles. The maximum absolute atomic E-state index is 6.99. The van der Waals surface area contributed by atoms with Crippen molar-refractivity contribution < 1.29 is 9.15 Å². The van der Waals surface area contributed by atoms with Gasteiger partial charge in [-0.1, -0.05) is 121 Å². The molecule has 274 valence electrons. The molecule has 0 spiro atoms. The highest BCUT2D eigenvalue weighted by atomic mass is 16.5. The smallest absolute Gasteiger partial charge is 0.159 e. The number of para-hydroxylation sites is 3. The number of nitrogens with zero attached hydrogens (tertiary/aromatic N) is 3. The third kappa shape index (κ3) is 5.17. The van der Waals surface area contributed by atoms with E-state index in [2.05, 4.69) is 162 Å². The van der Waals surface area contributed by atoms with Gasteiger partial charge in [0.2, 0.25) is 0 Å². The number of nitrogens with one attached hydrogen (secondary N) is 1. The first-order chi connectivity index (χ1) is 28.2. The number of amidine groups is 2. The average molecular weight is 739 g/mol. The van der Waals surface area contributed by atoms with Crippen LogP contribution in [0.5, 0.6) is 5.75 Å². The molecule has 0 saturated carbocycles. The van der Waals surface area contributed by atoms with E-state index < -0.39 is 0 Å². The summed E-state index contributed by atoms with van der Waals surface area (Å²) in [6.45, 7) is 0. The summed E-state index contributed by atoms with van der Waals surface area (Å²) in [5, 5.41) is 8.38. The average Bonchev–Trinajstić information content (AvgIpc) is 3.96. The van der Waals surface area contributed by atoms with Crippen molar-refractivity contribution in [2.75, 3.05) is 0 Å². The molecule has 0 radical (unpaired) electrons. The number of benzene rings is 5. The molecule has 2 aromatic heterocycles. The zero-order chi connectivity index (χ0) is 37.5. The van der Waals surface area contributed by atoms with Gasteiger partial charge in [0.25, 0.3) is 0 Å². The molecule has 12 rings (SSSR count). The van der Waals surface area contributed by atoms with Gasteiger partial charge in [0.15, 0.2) is 5.84 Å². The molecule has 7 aromatic rings. The number of hydrogen-bond donors (Lipinski definition) is 1. The molecule has 0 bridgehead atoms. The number of fused-ring (bicyclic) bond motifs is 9. The van der Waals surface area contributed by atoms with Gasteiger partial charge < -0.3 is 19.0 Å². The fraction of sp³-hybridized carbons (Fsp3) is 0.137. The van der Waals surface area contributed by atoms with Crippen molar-refractivity contribution in [3.63, 3.8) is 0 Å². The first-order valence-electron chi connectivity index (χ1n) is 20.0. The third-order valence-corrected chi connectivity index (χ3v) is 12.1. The van der Waals surface area contributed by atoms with E-state index in [0.29, 0.717) is 0 Å². The zero-order valence-electron chi connectivity index (χ0n) is 31.2. The Bertz CT molecular complexity index is 3100. The SMILES string of the molecule is C1=CC(C2N=C(C3=c4oc5c(-c6ccc7c(c6)C6C=CC(n8c9ccccc9c9ccccc98)=CC6O7)cccc5c4=CCC3)N=C(c3ccccc3)N2)=CCC1. The van der Waals surface area contributed by atoms with Crippen LogP contribution in [0.1, 0.15) is 42.7 Å². The van der Waals surface area contributed by atoms with Gasteiger partial charge >= 0.3 is 0 Å². The van der Waals surface area contributed by atoms with Gasteiger partial charge in [0.1, 0.15) is 34.9 Å². The summed E-state index contributed by atoms with van der Waals surface area (Å²) < 4.78 is 16.0. The largest absolute Gasteiger partial charge is 0.485 e. The van der Waals surface area contributed by atoms with Crippen molar-refractivity contribution in [1.82, 2.24) is 9.88 Å². The van der Waals surface area contributed by atoms with Crippen molar-refractivity contribution in [2.45, 2.75) is 43.9 Å². The van der Waals surface area contributed by atoms with Crippen LogP contribution in [-0.4, -0.2) is 28.5 Å². The Morgan fingerprint density at radius 2 is 1.53 bits per heavy atom. The Morgan fingerprint density at radius 1 is 0.719 bits per heavy atom. The van der Waals surface area contributed by atoms with Crippen LogP contribution >= 0.6 is 0 Å². The Labute approximate surface area is 329 Å². The Morgan fingerprint density at radius 3 is 2.35 bits per heavy atom. The predicted octanol–water partition coefficient (Wildman–Crippen LogP) is 9.94. The molecule has 5 aliphatic rings. The van der Waals surface area contributed by atoms with Crippen LogP contribution in [0.2, 0.25) is 0 Å². The van der Waals surface area contributed by atoms with Crippen LogP contribution in [0, 0.1) is 0 Å². The van der Waals surface area contributed by atoms with Crippen molar-refractivity contribution >= 4 is 61.8 Å². The van der Waals surface area contributed by atoms with Crippen LogP contribution in [0.4, 0.5) is 0 Å². The van der Waals surface area contributed by atoms with Gasteiger partial charge in [-0.25, -0.2) is 9.98 Å². The molecule has 3 atom stereocenters. The van der Waals surface area contributed by atoms with Crippen LogP contribution in [0.15, 0.2) is 172 Å². The Hall–Kier alpha value is -6.92. The summed E-state index contributed by atoms with van der Waals surface area (Å²) in [7, 11) is 0. The summed E-state index contributed by atoms with van der Waals surface area (Å²) in [6, 6.07) is 40.7. The topological polar surface area (TPSA) is 64.0 Å². The summed E-state index contributed by atoms with van der Waals surface area (Å²) >= 11 is 0. The van der Waals surface area contributed by atoms with Gasteiger partial charge in [0.05, 0.1) is 11.0 Å². The molecule has 2 aliphatic heterocycles. The lowest BCUT2D eigenvalue weighted by Crippen LogP contribution is -2.41. The van der Waals surface area contributed by atoms with Gasteiger partial charge in [-0.15, -0.1) is 0 Å². The monoisotopic (exact) mass is 738 g/mol. The second-order valence-electron chi connectivity index (χ2n) is 15.4. The number of aliphatic imine (C=N–C) groups is 2. The minimum absolute atomic E-state index is 0.0931. The molecular formula is C51H38N4O2. The lowest BCUT2D eigenvalue weighted by atomic mass is 9.89. The summed E-state index contributed by atoms with van der Waals surface area (Å²) in [5.41, 5.74) is 11.9. The molecule has 3 aliphatic carbocycles. The van der Waals surface area contributed by atoms with E-state index in [1.165, 1.54) is 32.9 Å². The van der Waals surface area contributed by atoms with Gasteiger partial charge in [-0.2, -0.15) is 0 Å². The highest BCUT2D eigenvalue weighted by Crippen LogP contribution is 2.45. The highest BCUT2D eigenvalue weighted by molar-refractivity contribution is 6.24. The molecule has 0 saturated heterocycles. The van der Waals surface area contributed by atoms with Crippen LogP contribution in [0.3, 0.4) is 0 Å². The Balaban J connectivity index is 0.935. The van der Waals surface area contributed by atoms with E-state index in [0.717, 1.165) is 92.7 Å². The number of rotatable bonds is 5. The van der Waals surface area contributed by atoms with E-state index in [1.807, 2.05) is 6.07 Å². The predicted molar refractivity (Wildman–Crippen MR) is 232 cm³/mol. The summed E-state index contributed by atoms with van der Waals surface area (Å²) in [4.78, 5) is 10.4. The molecule has 6 heteroatoms. The van der Waals surface area contributed by atoms with Gasteiger partial charge in [-0.05, 0) is 73.2 Å². The van der Waals surface area contributed by atoms with Gasteiger partial charge in [0, 0.05) is 55.3 Å². The number of furan rings is 1. The van der Waals surface area contributed by atoms with Crippen molar-refractivity contribution in [3.05, 3.63) is 179 Å². The molecule has 1 N–H and O–H groups in total. The van der Waals surface area contributed by atoms with Crippen LogP contribution < -0.4 is 20.7 Å². The van der Waals surface area contributed by atoms with Crippen LogP contribution in [-0.2, 0) is 0 Å².